The molecule has 0 bridgehead atoms. The first-order valence-corrected chi connectivity index (χ1v) is 7.24. The van der Waals surface area contributed by atoms with Gasteiger partial charge in [0, 0.05) is 6.42 Å². The molecular weight excluding hydrogens is 260 g/mol. The molecular formula is C19H16O2. The van der Waals surface area contributed by atoms with Gasteiger partial charge in [-0.2, -0.15) is 0 Å². The highest BCUT2D eigenvalue weighted by molar-refractivity contribution is 5.86. The van der Waals surface area contributed by atoms with Crippen LogP contribution in [0.1, 0.15) is 22.8 Å². The first kappa shape index (κ1) is 12.4. The third kappa shape index (κ3) is 2.08. The number of hydrogen-bond donors (Lipinski definition) is 1. The van der Waals surface area contributed by atoms with E-state index in [-0.39, 0.29) is 0 Å². The summed E-state index contributed by atoms with van der Waals surface area (Å²) in [7, 11) is 0. The number of rotatable bonds is 2. The van der Waals surface area contributed by atoms with E-state index in [1.54, 1.807) is 0 Å². The van der Waals surface area contributed by atoms with Crippen LogP contribution in [0.25, 0.3) is 10.8 Å². The van der Waals surface area contributed by atoms with Gasteiger partial charge in [-0.15, -0.1) is 0 Å². The van der Waals surface area contributed by atoms with Gasteiger partial charge >= 0.3 is 0 Å². The summed E-state index contributed by atoms with van der Waals surface area (Å²) in [5.74, 6) is 0.948. The minimum atomic E-state index is -0.609. The van der Waals surface area contributed by atoms with Crippen LogP contribution in [0.3, 0.4) is 0 Å². The Morgan fingerprint density at radius 3 is 2.76 bits per heavy atom. The lowest BCUT2D eigenvalue weighted by Gasteiger charge is -2.15. The molecule has 1 heterocycles. The first-order chi connectivity index (χ1) is 10.3. The molecule has 0 aromatic heterocycles. The van der Waals surface area contributed by atoms with Gasteiger partial charge in [0.15, 0.2) is 0 Å². The molecule has 2 nitrogen and oxygen atoms in total. The van der Waals surface area contributed by atoms with Gasteiger partial charge in [-0.1, -0.05) is 48.5 Å². The van der Waals surface area contributed by atoms with Crippen molar-refractivity contribution in [3.8, 4) is 5.75 Å². The highest BCUT2D eigenvalue weighted by Crippen LogP contribution is 2.33. The van der Waals surface area contributed by atoms with Crippen molar-refractivity contribution in [3.63, 3.8) is 0 Å². The predicted octanol–water partition coefficient (Wildman–Crippen LogP) is 3.86. The summed E-state index contributed by atoms with van der Waals surface area (Å²) in [5.41, 5.74) is 3.06. The Morgan fingerprint density at radius 1 is 0.952 bits per heavy atom. The van der Waals surface area contributed by atoms with Gasteiger partial charge in [-0.25, -0.2) is 0 Å². The topological polar surface area (TPSA) is 29.5 Å². The summed E-state index contributed by atoms with van der Waals surface area (Å²) in [4.78, 5) is 0. The lowest BCUT2D eigenvalue weighted by atomic mass is 9.94. The standard InChI is InChI=1S/C19H16O2/c20-19(15-8-9-18-14(12-15)10-11-21-18)17-7-3-5-13-4-1-2-6-16(13)17/h1-9,12,19-20H,10-11H2. The Bertz CT molecular complexity index is 802. The van der Waals surface area contributed by atoms with E-state index in [0.717, 1.165) is 40.7 Å². The molecule has 0 saturated heterocycles. The van der Waals surface area contributed by atoms with Crippen molar-refractivity contribution in [3.05, 3.63) is 77.4 Å². The van der Waals surface area contributed by atoms with Crippen molar-refractivity contribution in [2.75, 3.05) is 6.61 Å². The molecule has 1 atom stereocenters. The van der Waals surface area contributed by atoms with Crippen molar-refractivity contribution in [2.24, 2.45) is 0 Å². The molecule has 2 heteroatoms. The van der Waals surface area contributed by atoms with Gasteiger partial charge in [-0.3, -0.25) is 0 Å². The molecule has 104 valence electrons. The van der Waals surface area contributed by atoms with Crippen molar-refractivity contribution in [1.29, 1.82) is 0 Å². The number of benzene rings is 3. The quantitative estimate of drug-likeness (QED) is 0.770. The third-order valence-corrected chi connectivity index (χ3v) is 4.15. The Morgan fingerprint density at radius 2 is 1.81 bits per heavy atom. The first-order valence-electron chi connectivity index (χ1n) is 7.24. The zero-order valence-corrected chi connectivity index (χ0v) is 11.6. The van der Waals surface area contributed by atoms with E-state index in [9.17, 15) is 5.11 Å². The van der Waals surface area contributed by atoms with Crippen LogP contribution in [-0.4, -0.2) is 11.7 Å². The van der Waals surface area contributed by atoms with Crippen LogP contribution in [0.4, 0.5) is 0 Å². The number of ether oxygens (including phenoxy) is 1. The molecule has 1 unspecified atom stereocenters. The van der Waals surface area contributed by atoms with E-state index in [4.69, 9.17) is 4.74 Å². The largest absolute Gasteiger partial charge is 0.493 e. The Kier molecular flexibility index (Phi) is 2.90. The molecule has 1 aliphatic heterocycles. The fourth-order valence-corrected chi connectivity index (χ4v) is 3.05. The van der Waals surface area contributed by atoms with Gasteiger partial charge in [0.2, 0.25) is 0 Å². The SMILES string of the molecule is OC(c1ccc2c(c1)CCO2)c1cccc2ccccc12. The zero-order valence-electron chi connectivity index (χ0n) is 11.6. The van der Waals surface area contributed by atoms with Crippen molar-refractivity contribution >= 4 is 10.8 Å². The Labute approximate surface area is 123 Å². The van der Waals surface area contributed by atoms with Crippen molar-refractivity contribution in [2.45, 2.75) is 12.5 Å². The van der Waals surface area contributed by atoms with Gasteiger partial charge in [0.1, 0.15) is 11.9 Å². The Hall–Kier alpha value is -2.32. The molecule has 0 fully saturated rings. The second-order valence-electron chi connectivity index (χ2n) is 5.44. The predicted molar refractivity (Wildman–Crippen MR) is 83.7 cm³/mol. The number of aliphatic hydroxyl groups is 1. The van der Waals surface area contributed by atoms with E-state index in [1.807, 2.05) is 36.4 Å². The lowest BCUT2D eigenvalue weighted by Crippen LogP contribution is -2.01. The van der Waals surface area contributed by atoms with Crippen molar-refractivity contribution < 1.29 is 9.84 Å². The minimum Gasteiger partial charge on any atom is -0.493 e. The van der Waals surface area contributed by atoms with Gasteiger partial charge < -0.3 is 9.84 Å². The maximum absolute atomic E-state index is 10.8. The molecule has 3 aromatic rings. The van der Waals surface area contributed by atoms with Crippen molar-refractivity contribution in [1.82, 2.24) is 0 Å². The van der Waals surface area contributed by atoms with Crippen LogP contribution in [-0.2, 0) is 6.42 Å². The highest BCUT2D eigenvalue weighted by atomic mass is 16.5. The van der Waals surface area contributed by atoms with E-state index in [1.165, 1.54) is 5.56 Å². The molecule has 0 amide bonds. The third-order valence-electron chi connectivity index (χ3n) is 4.15. The lowest BCUT2D eigenvalue weighted by molar-refractivity contribution is 0.222. The van der Waals surface area contributed by atoms with E-state index < -0.39 is 6.10 Å². The summed E-state index contributed by atoms with van der Waals surface area (Å²) >= 11 is 0. The maximum Gasteiger partial charge on any atom is 0.122 e. The molecule has 3 aromatic carbocycles. The van der Waals surface area contributed by atoms with Gasteiger partial charge in [0.25, 0.3) is 0 Å². The van der Waals surface area contributed by atoms with Gasteiger partial charge in [-0.05, 0) is 39.6 Å². The van der Waals surface area contributed by atoms with Gasteiger partial charge in [0.05, 0.1) is 6.61 Å². The molecule has 0 radical (unpaired) electrons. The summed E-state index contributed by atoms with van der Waals surface area (Å²) in [5, 5.41) is 13.0. The molecule has 0 spiro atoms. The van der Waals surface area contributed by atoms with E-state index in [2.05, 4.69) is 24.3 Å². The highest BCUT2D eigenvalue weighted by Gasteiger charge is 2.17. The molecule has 4 rings (SSSR count). The second-order valence-corrected chi connectivity index (χ2v) is 5.44. The monoisotopic (exact) mass is 276 g/mol. The van der Waals surface area contributed by atoms with E-state index >= 15 is 0 Å². The molecule has 0 saturated carbocycles. The second kappa shape index (κ2) is 4.90. The average molecular weight is 276 g/mol. The van der Waals surface area contributed by atoms with Crippen LogP contribution in [0, 0.1) is 0 Å². The fraction of sp³-hybridized carbons (Fsp3) is 0.158. The number of hydrogen-bond acceptors (Lipinski definition) is 2. The maximum atomic E-state index is 10.8. The summed E-state index contributed by atoms with van der Waals surface area (Å²) in [6.45, 7) is 0.739. The zero-order chi connectivity index (χ0) is 14.2. The van der Waals surface area contributed by atoms with Crippen LogP contribution < -0.4 is 4.74 Å². The Balaban J connectivity index is 1.81. The normalized spacial score (nSPS) is 14.7. The summed E-state index contributed by atoms with van der Waals surface area (Å²) in [6.07, 6.45) is 0.313. The van der Waals surface area contributed by atoms with Crippen LogP contribution in [0.5, 0.6) is 5.75 Å². The molecule has 1 aliphatic rings. The summed E-state index contributed by atoms with van der Waals surface area (Å²) < 4.78 is 5.53. The van der Waals surface area contributed by atoms with Crippen LogP contribution in [0.15, 0.2) is 60.7 Å². The van der Waals surface area contributed by atoms with Crippen LogP contribution >= 0.6 is 0 Å². The molecule has 21 heavy (non-hydrogen) atoms. The number of fused-ring (bicyclic) bond motifs is 2. The smallest absolute Gasteiger partial charge is 0.122 e. The van der Waals surface area contributed by atoms with E-state index in [0.29, 0.717) is 0 Å². The molecule has 1 N–H and O–H groups in total. The molecule has 0 aliphatic carbocycles. The minimum absolute atomic E-state index is 0.609. The fourth-order valence-electron chi connectivity index (χ4n) is 3.05. The average Bonchev–Trinajstić information content (AvgIpc) is 3.01. The summed E-state index contributed by atoms with van der Waals surface area (Å²) in [6, 6.07) is 20.2. The number of aliphatic hydroxyl groups excluding tert-OH is 1. The van der Waals surface area contributed by atoms with Crippen LogP contribution in [0.2, 0.25) is 0 Å².